The Hall–Kier alpha value is -2.71. The molecule has 1 unspecified atom stereocenters. The molecule has 1 atom stereocenters. The van der Waals surface area contributed by atoms with Crippen LogP contribution in [0.15, 0.2) is 47.1 Å². The molecule has 0 radical (unpaired) electrons. The number of nitrogens with two attached hydrogens (primary N) is 1. The van der Waals surface area contributed by atoms with Crippen molar-refractivity contribution >= 4 is 17.6 Å². The van der Waals surface area contributed by atoms with Crippen LogP contribution in [0.1, 0.15) is 5.56 Å². The van der Waals surface area contributed by atoms with Crippen LogP contribution in [-0.4, -0.2) is 76.9 Å². The molecule has 138 valence electrons. The van der Waals surface area contributed by atoms with E-state index < -0.39 is 18.2 Å². The average molecular weight is 357 g/mol. The molecule has 8 heteroatoms. The van der Waals surface area contributed by atoms with Gasteiger partial charge in [-0.2, -0.15) is 0 Å². The molecule has 3 N–H and O–H groups in total. The van der Waals surface area contributed by atoms with Crippen LogP contribution in [0.5, 0.6) is 0 Å². The van der Waals surface area contributed by atoms with Gasteiger partial charge in [0, 0.05) is 46.0 Å². The number of hydrogen-bond acceptors (Lipinski definition) is 6. The van der Waals surface area contributed by atoms with Gasteiger partial charge in [-0.3, -0.25) is 14.6 Å². The van der Waals surface area contributed by atoms with Crippen molar-refractivity contribution < 1.29 is 14.7 Å². The quantitative estimate of drug-likeness (QED) is 0.765. The van der Waals surface area contributed by atoms with Crippen LogP contribution in [-0.2, 0) is 16.1 Å². The molecule has 1 aromatic rings. The largest absolute Gasteiger partial charge is 0.478 e. The number of aliphatic imine (C=N–C) groups is 1. The summed E-state index contributed by atoms with van der Waals surface area (Å²) in [6.07, 6.45) is 1.01. The maximum absolute atomic E-state index is 11.6. The first-order valence-corrected chi connectivity index (χ1v) is 8.51. The minimum absolute atomic E-state index is 0.168. The Labute approximate surface area is 152 Å². The number of benzene rings is 1. The van der Waals surface area contributed by atoms with Gasteiger partial charge in [0.15, 0.2) is 6.29 Å². The molecule has 1 fully saturated rings. The minimum atomic E-state index is -1.21. The Morgan fingerprint density at radius 2 is 1.85 bits per heavy atom. The van der Waals surface area contributed by atoms with E-state index in [1.54, 1.807) is 11.9 Å². The molecule has 26 heavy (non-hydrogen) atoms. The summed E-state index contributed by atoms with van der Waals surface area (Å²) in [5.74, 6) is -2.03. The van der Waals surface area contributed by atoms with Crippen molar-refractivity contribution in [1.82, 2.24) is 14.7 Å². The Kier molecular flexibility index (Phi) is 5.34. The van der Waals surface area contributed by atoms with Crippen molar-refractivity contribution in [2.75, 3.05) is 33.2 Å². The molecule has 0 spiro atoms. The average Bonchev–Trinajstić information content (AvgIpc) is 2.63. The predicted molar refractivity (Wildman–Crippen MR) is 97.2 cm³/mol. The standard InChI is InChI=1S/C18H23N5O3/c1-21-12-14(17(25)26)15(16(19)24)20-18(21)23-9-7-22(8-10-23)11-13-5-3-2-4-6-13/h2-6,12,18H,7-11H2,1H3,(H2,19,24)(H,25,26). The van der Waals surface area contributed by atoms with Gasteiger partial charge in [-0.05, 0) is 5.56 Å². The Bertz CT molecular complexity index is 738. The maximum Gasteiger partial charge on any atom is 0.339 e. The van der Waals surface area contributed by atoms with Gasteiger partial charge in [0.1, 0.15) is 11.3 Å². The van der Waals surface area contributed by atoms with Crippen molar-refractivity contribution in [2.24, 2.45) is 10.7 Å². The van der Waals surface area contributed by atoms with Crippen LogP contribution in [0, 0.1) is 0 Å². The van der Waals surface area contributed by atoms with E-state index in [2.05, 4.69) is 26.9 Å². The number of rotatable bonds is 5. The predicted octanol–water partition coefficient (Wildman–Crippen LogP) is -0.0720. The second kappa shape index (κ2) is 7.67. The second-order valence-corrected chi connectivity index (χ2v) is 6.50. The van der Waals surface area contributed by atoms with Gasteiger partial charge in [0.2, 0.25) is 0 Å². The van der Waals surface area contributed by atoms with E-state index in [1.165, 1.54) is 11.8 Å². The highest BCUT2D eigenvalue weighted by Crippen LogP contribution is 2.19. The normalized spacial score (nSPS) is 21.9. The third-order valence-corrected chi connectivity index (χ3v) is 4.64. The molecule has 3 rings (SSSR count). The first-order valence-electron chi connectivity index (χ1n) is 8.51. The lowest BCUT2D eigenvalue weighted by Crippen LogP contribution is -2.55. The number of carbonyl (C=O) groups excluding carboxylic acids is 1. The molecule has 2 aliphatic heterocycles. The fourth-order valence-corrected chi connectivity index (χ4v) is 3.29. The van der Waals surface area contributed by atoms with Crippen LogP contribution in [0.25, 0.3) is 0 Å². The summed E-state index contributed by atoms with van der Waals surface area (Å²) in [4.78, 5) is 33.4. The van der Waals surface area contributed by atoms with E-state index in [0.29, 0.717) is 0 Å². The van der Waals surface area contributed by atoms with Gasteiger partial charge in [0.25, 0.3) is 5.91 Å². The number of carboxylic acid groups (broad SMARTS) is 1. The Morgan fingerprint density at radius 1 is 1.19 bits per heavy atom. The first kappa shape index (κ1) is 18.1. The minimum Gasteiger partial charge on any atom is -0.478 e. The van der Waals surface area contributed by atoms with Gasteiger partial charge >= 0.3 is 5.97 Å². The van der Waals surface area contributed by atoms with E-state index in [-0.39, 0.29) is 11.3 Å². The van der Waals surface area contributed by atoms with Gasteiger partial charge in [-0.1, -0.05) is 30.3 Å². The fourth-order valence-electron chi connectivity index (χ4n) is 3.29. The van der Waals surface area contributed by atoms with Gasteiger partial charge in [-0.15, -0.1) is 0 Å². The molecule has 2 aliphatic rings. The van der Waals surface area contributed by atoms with Crippen LogP contribution >= 0.6 is 0 Å². The lowest BCUT2D eigenvalue weighted by atomic mass is 10.1. The Morgan fingerprint density at radius 3 is 2.42 bits per heavy atom. The zero-order valence-corrected chi connectivity index (χ0v) is 14.7. The highest BCUT2D eigenvalue weighted by molar-refractivity contribution is 6.50. The van der Waals surface area contributed by atoms with E-state index in [1.807, 2.05) is 18.2 Å². The van der Waals surface area contributed by atoms with Gasteiger partial charge in [0.05, 0.1) is 0 Å². The van der Waals surface area contributed by atoms with Crippen LogP contribution in [0.3, 0.4) is 0 Å². The lowest BCUT2D eigenvalue weighted by molar-refractivity contribution is -0.132. The molecule has 8 nitrogen and oxygen atoms in total. The van der Waals surface area contributed by atoms with E-state index in [4.69, 9.17) is 5.73 Å². The molecule has 0 bridgehead atoms. The number of piperazine rings is 1. The molecular formula is C18H23N5O3. The summed E-state index contributed by atoms with van der Waals surface area (Å²) in [7, 11) is 1.76. The van der Waals surface area contributed by atoms with Gasteiger partial charge < -0.3 is 15.7 Å². The van der Waals surface area contributed by atoms with Crippen molar-refractivity contribution in [3.8, 4) is 0 Å². The summed E-state index contributed by atoms with van der Waals surface area (Å²) in [6, 6.07) is 10.3. The number of nitrogens with zero attached hydrogens (tertiary/aromatic N) is 4. The third kappa shape index (κ3) is 3.92. The van der Waals surface area contributed by atoms with E-state index >= 15 is 0 Å². The molecule has 1 saturated heterocycles. The second-order valence-electron chi connectivity index (χ2n) is 6.50. The van der Waals surface area contributed by atoms with E-state index in [0.717, 1.165) is 32.7 Å². The summed E-state index contributed by atoms with van der Waals surface area (Å²) in [5, 5.41) is 9.24. The van der Waals surface area contributed by atoms with Crippen molar-refractivity contribution in [2.45, 2.75) is 12.8 Å². The number of carbonyl (C=O) groups is 2. The number of amides is 1. The molecule has 1 amide bonds. The summed E-state index contributed by atoms with van der Waals surface area (Å²) >= 11 is 0. The number of hydrogen-bond donors (Lipinski definition) is 2. The summed E-state index contributed by atoms with van der Waals surface area (Å²) in [6.45, 7) is 4.18. The van der Waals surface area contributed by atoms with Crippen molar-refractivity contribution in [3.63, 3.8) is 0 Å². The Balaban J connectivity index is 1.65. The van der Waals surface area contributed by atoms with Crippen LogP contribution in [0.4, 0.5) is 0 Å². The van der Waals surface area contributed by atoms with Crippen molar-refractivity contribution in [3.05, 3.63) is 47.7 Å². The fraction of sp³-hybridized carbons (Fsp3) is 0.389. The van der Waals surface area contributed by atoms with Crippen LogP contribution in [0.2, 0.25) is 0 Å². The highest BCUT2D eigenvalue weighted by Gasteiger charge is 2.32. The number of carboxylic acids is 1. The summed E-state index contributed by atoms with van der Waals surface area (Å²) in [5.41, 5.74) is 6.26. The molecule has 0 aromatic heterocycles. The molecular weight excluding hydrogens is 334 g/mol. The lowest BCUT2D eigenvalue weighted by Gasteiger charge is -2.41. The highest BCUT2D eigenvalue weighted by atomic mass is 16.4. The SMILES string of the molecule is CN1C=C(C(=O)O)C(C(N)=O)=NC1N1CCN(Cc2ccccc2)CC1. The maximum atomic E-state index is 11.6. The third-order valence-electron chi connectivity index (χ3n) is 4.64. The zero-order valence-electron chi connectivity index (χ0n) is 14.7. The number of aliphatic carboxylic acids is 1. The summed E-state index contributed by atoms with van der Waals surface area (Å²) < 4.78 is 0. The van der Waals surface area contributed by atoms with Gasteiger partial charge in [-0.25, -0.2) is 9.79 Å². The van der Waals surface area contributed by atoms with E-state index in [9.17, 15) is 14.7 Å². The van der Waals surface area contributed by atoms with Crippen molar-refractivity contribution in [1.29, 1.82) is 0 Å². The zero-order chi connectivity index (χ0) is 18.7. The monoisotopic (exact) mass is 357 g/mol. The van der Waals surface area contributed by atoms with Crippen LogP contribution < -0.4 is 5.73 Å². The first-order chi connectivity index (χ1) is 12.5. The molecule has 0 aliphatic carbocycles. The topological polar surface area (TPSA) is 102 Å². The molecule has 2 heterocycles. The smallest absolute Gasteiger partial charge is 0.339 e. The molecule has 1 aromatic carbocycles. The molecule has 0 saturated carbocycles. The number of primary amides is 1.